The lowest BCUT2D eigenvalue weighted by atomic mass is 9.97. The molecular weight excluding hydrogens is 434 g/mol. The Morgan fingerprint density at radius 2 is 1.97 bits per heavy atom. The molecule has 0 unspecified atom stereocenters. The van der Waals surface area contributed by atoms with Crippen molar-refractivity contribution in [3.63, 3.8) is 0 Å². The monoisotopic (exact) mass is 457 g/mol. The van der Waals surface area contributed by atoms with Gasteiger partial charge in [-0.25, -0.2) is 14.8 Å². The first kappa shape index (κ1) is 22.0. The Balaban J connectivity index is 1.81. The molecule has 0 bridgehead atoms. The second kappa shape index (κ2) is 7.75. The lowest BCUT2D eigenvalue weighted by molar-refractivity contribution is 0.0295. The Labute approximate surface area is 189 Å². The van der Waals surface area contributed by atoms with Crippen LogP contribution in [0.15, 0.2) is 29.1 Å². The van der Waals surface area contributed by atoms with Gasteiger partial charge in [-0.1, -0.05) is 17.7 Å². The number of aromatic nitrogens is 3. The SMILES string of the molecule is Cc1cc([C@H](C)Nc2ccc(Cl)nc2C(=O)O)c2nc(N3CC(C)(O)C3)n(C)c(=O)c2c1. The van der Waals surface area contributed by atoms with Crippen molar-refractivity contribution in [1.29, 1.82) is 0 Å². The zero-order chi connectivity index (χ0) is 23.4. The van der Waals surface area contributed by atoms with Gasteiger partial charge in [-0.2, -0.15) is 0 Å². The van der Waals surface area contributed by atoms with Gasteiger partial charge in [-0.05, 0) is 44.5 Å². The molecule has 9 nitrogen and oxygen atoms in total. The van der Waals surface area contributed by atoms with E-state index < -0.39 is 11.6 Å². The molecule has 1 saturated heterocycles. The molecule has 168 valence electrons. The molecule has 1 fully saturated rings. The molecule has 1 atom stereocenters. The van der Waals surface area contributed by atoms with Crippen LogP contribution < -0.4 is 15.8 Å². The normalized spacial score (nSPS) is 16.0. The number of pyridine rings is 1. The number of fused-ring (bicyclic) bond motifs is 1. The van der Waals surface area contributed by atoms with E-state index in [1.807, 2.05) is 24.8 Å². The van der Waals surface area contributed by atoms with Crippen LogP contribution in [0.2, 0.25) is 5.15 Å². The summed E-state index contributed by atoms with van der Waals surface area (Å²) in [7, 11) is 1.67. The summed E-state index contributed by atoms with van der Waals surface area (Å²) < 4.78 is 1.49. The van der Waals surface area contributed by atoms with Crippen molar-refractivity contribution >= 4 is 40.1 Å². The predicted molar refractivity (Wildman–Crippen MR) is 123 cm³/mol. The summed E-state index contributed by atoms with van der Waals surface area (Å²) in [6.07, 6.45) is 0. The van der Waals surface area contributed by atoms with E-state index in [1.54, 1.807) is 26.1 Å². The minimum atomic E-state index is -1.20. The Bertz CT molecular complexity index is 1300. The van der Waals surface area contributed by atoms with Crippen LogP contribution in [0.5, 0.6) is 0 Å². The van der Waals surface area contributed by atoms with Crippen molar-refractivity contribution in [2.75, 3.05) is 23.3 Å². The summed E-state index contributed by atoms with van der Waals surface area (Å²) >= 11 is 5.86. The molecule has 4 rings (SSSR count). The van der Waals surface area contributed by atoms with Gasteiger partial charge in [0.2, 0.25) is 5.95 Å². The molecule has 0 amide bonds. The van der Waals surface area contributed by atoms with Gasteiger partial charge in [0.05, 0.1) is 41.3 Å². The van der Waals surface area contributed by atoms with Gasteiger partial charge in [0.1, 0.15) is 5.15 Å². The number of carboxylic acids is 1. The second-order valence-electron chi connectivity index (χ2n) is 8.58. The quantitative estimate of drug-likeness (QED) is 0.500. The van der Waals surface area contributed by atoms with Crippen molar-refractivity contribution in [1.82, 2.24) is 14.5 Å². The number of β-amino-alcohol motifs (C(OH)–C–C–N with tert-alkyl or cyclic N) is 1. The number of hydrogen-bond donors (Lipinski definition) is 3. The molecule has 3 N–H and O–H groups in total. The minimum Gasteiger partial charge on any atom is -0.476 e. The number of aromatic carboxylic acids is 1. The van der Waals surface area contributed by atoms with Gasteiger partial charge < -0.3 is 20.4 Å². The average molecular weight is 458 g/mol. The standard InChI is InChI=1S/C22H24ClN5O4/c1-11-7-13(12(2)24-15-5-6-16(23)25-18(15)20(30)31)17-14(8-11)19(29)27(4)21(26-17)28-9-22(3,32)10-28/h5-8,12,24,32H,9-10H2,1-4H3,(H,30,31)/t12-/m0/s1. The molecule has 10 heteroatoms. The Morgan fingerprint density at radius 1 is 1.28 bits per heavy atom. The second-order valence-corrected chi connectivity index (χ2v) is 8.97. The van der Waals surface area contributed by atoms with Crippen LogP contribution in [0, 0.1) is 6.92 Å². The van der Waals surface area contributed by atoms with Crippen molar-refractivity contribution in [3.05, 3.63) is 56.6 Å². The van der Waals surface area contributed by atoms with Gasteiger partial charge in [-0.15, -0.1) is 0 Å². The van der Waals surface area contributed by atoms with E-state index in [0.29, 0.717) is 35.6 Å². The van der Waals surface area contributed by atoms with Gasteiger partial charge >= 0.3 is 5.97 Å². The van der Waals surface area contributed by atoms with E-state index in [2.05, 4.69) is 10.3 Å². The van der Waals surface area contributed by atoms with Crippen LogP contribution in [0.1, 0.15) is 41.5 Å². The topological polar surface area (TPSA) is 121 Å². The number of aryl methyl sites for hydroxylation is 1. The van der Waals surface area contributed by atoms with Gasteiger partial charge in [0, 0.05) is 12.6 Å². The van der Waals surface area contributed by atoms with Crippen LogP contribution in [0.25, 0.3) is 10.9 Å². The van der Waals surface area contributed by atoms with Crippen LogP contribution in [-0.2, 0) is 7.05 Å². The molecule has 0 radical (unpaired) electrons. The first-order valence-corrected chi connectivity index (χ1v) is 10.5. The summed E-state index contributed by atoms with van der Waals surface area (Å²) in [5.41, 5.74) is 1.28. The fraction of sp³-hybridized carbons (Fsp3) is 0.364. The number of benzene rings is 1. The number of hydrogen-bond acceptors (Lipinski definition) is 7. The highest BCUT2D eigenvalue weighted by Gasteiger charge is 2.38. The highest BCUT2D eigenvalue weighted by Crippen LogP contribution is 2.31. The van der Waals surface area contributed by atoms with Crippen LogP contribution in [0.3, 0.4) is 0 Å². The van der Waals surface area contributed by atoms with E-state index in [1.165, 1.54) is 10.6 Å². The van der Waals surface area contributed by atoms with Crippen LogP contribution in [-0.4, -0.2) is 49.4 Å². The Hall–Kier alpha value is -3.17. The van der Waals surface area contributed by atoms with E-state index in [9.17, 15) is 19.8 Å². The molecule has 1 aromatic carbocycles. The molecule has 3 heterocycles. The highest BCUT2D eigenvalue weighted by atomic mass is 35.5. The number of aliphatic hydroxyl groups is 1. The molecule has 1 aliphatic rings. The Morgan fingerprint density at radius 3 is 2.59 bits per heavy atom. The molecule has 2 aromatic heterocycles. The number of rotatable bonds is 5. The third-order valence-electron chi connectivity index (χ3n) is 5.58. The number of carboxylic acid groups (broad SMARTS) is 1. The zero-order valence-electron chi connectivity index (χ0n) is 18.2. The van der Waals surface area contributed by atoms with Crippen LogP contribution in [0.4, 0.5) is 11.6 Å². The predicted octanol–water partition coefficient (Wildman–Crippen LogP) is 2.73. The maximum Gasteiger partial charge on any atom is 0.356 e. The number of nitrogens with one attached hydrogen (secondary N) is 1. The molecule has 0 spiro atoms. The largest absolute Gasteiger partial charge is 0.476 e. The van der Waals surface area contributed by atoms with Gasteiger partial charge in [0.15, 0.2) is 5.69 Å². The smallest absolute Gasteiger partial charge is 0.356 e. The number of carbonyl (C=O) groups is 1. The van der Waals surface area contributed by atoms with Crippen molar-refractivity contribution in [2.24, 2.45) is 7.05 Å². The lowest BCUT2D eigenvalue weighted by Crippen LogP contribution is -2.61. The third-order valence-corrected chi connectivity index (χ3v) is 5.79. The zero-order valence-corrected chi connectivity index (χ0v) is 18.9. The summed E-state index contributed by atoms with van der Waals surface area (Å²) in [4.78, 5) is 35.3. The average Bonchev–Trinajstić information content (AvgIpc) is 2.69. The summed E-state index contributed by atoms with van der Waals surface area (Å²) in [6, 6.07) is 6.41. The van der Waals surface area contributed by atoms with E-state index in [0.717, 1.165) is 11.1 Å². The summed E-state index contributed by atoms with van der Waals surface area (Å²) in [6.45, 7) is 6.26. The van der Waals surface area contributed by atoms with E-state index in [4.69, 9.17) is 16.6 Å². The first-order valence-electron chi connectivity index (χ1n) is 10.1. The maximum absolute atomic E-state index is 13.1. The van der Waals surface area contributed by atoms with Crippen molar-refractivity contribution in [3.8, 4) is 0 Å². The first-order chi connectivity index (χ1) is 15.0. The summed E-state index contributed by atoms with van der Waals surface area (Å²) in [5.74, 6) is -0.721. The molecule has 0 aliphatic carbocycles. The fourth-order valence-corrected chi connectivity index (χ4v) is 4.24. The van der Waals surface area contributed by atoms with Crippen molar-refractivity contribution < 1.29 is 15.0 Å². The fourth-order valence-electron chi connectivity index (χ4n) is 4.10. The maximum atomic E-state index is 13.1. The molecule has 3 aromatic rings. The molecule has 1 aliphatic heterocycles. The van der Waals surface area contributed by atoms with Gasteiger partial charge in [-0.3, -0.25) is 9.36 Å². The number of halogens is 1. The number of nitrogens with zero attached hydrogens (tertiary/aromatic N) is 4. The van der Waals surface area contributed by atoms with Crippen molar-refractivity contribution in [2.45, 2.75) is 32.4 Å². The molecule has 32 heavy (non-hydrogen) atoms. The molecular formula is C22H24ClN5O4. The minimum absolute atomic E-state index is 0.0850. The third kappa shape index (κ3) is 3.89. The Kier molecular flexibility index (Phi) is 5.34. The molecule has 0 saturated carbocycles. The number of anilines is 2. The lowest BCUT2D eigenvalue weighted by Gasteiger charge is -2.45. The summed E-state index contributed by atoms with van der Waals surface area (Å²) in [5, 5.41) is 23.3. The highest BCUT2D eigenvalue weighted by molar-refractivity contribution is 6.29. The van der Waals surface area contributed by atoms with Crippen LogP contribution >= 0.6 is 11.6 Å². The van der Waals surface area contributed by atoms with E-state index in [-0.39, 0.29) is 22.4 Å². The van der Waals surface area contributed by atoms with Gasteiger partial charge in [0.25, 0.3) is 5.56 Å². The van der Waals surface area contributed by atoms with E-state index >= 15 is 0 Å².